The zero-order valence-corrected chi connectivity index (χ0v) is 9.20. The maximum atomic E-state index is 4.48. The lowest BCUT2D eigenvalue weighted by molar-refractivity contribution is 0.441. The Balaban J connectivity index is 2.24. The Morgan fingerprint density at radius 1 is 1.43 bits per heavy atom. The zero-order valence-electron chi connectivity index (χ0n) is 9.20. The Hall–Kier alpha value is -1.05. The van der Waals surface area contributed by atoms with Crippen LogP contribution in [0.15, 0.2) is 18.3 Å². The summed E-state index contributed by atoms with van der Waals surface area (Å²) in [5.74, 6) is 2.59. The van der Waals surface area contributed by atoms with E-state index in [-0.39, 0.29) is 0 Å². The average molecular weight is 190 g/mol. The fourth-order valence-corrected chi connectivity index (χ4v) is 2.00. The first-order chi connectivity index (χ1) is 6.68. The minimum atomic E-state index is 0.564. The number of anilines is 1. The first-order valence-electron chi connectivity index (χ1n) is 5.38. The quantitative estimate of drug-likeness (QED) is 0.712. The van der Waals surface area contributed by atoms with Gasteiger partial charge in [-0.2, -0.15) is 0 Å². The summed E-state index contributed by atoms with van der Waals surface area (Å²) in [7, 11) is 0. The van der Waals surface area contributed by atoms with Crippen molar-refractivity contribution in [2.24, 2.45) is 5.92 Å². The second-order valence-corrected chi connectivity index (χ2v) is 4.58. The van der Waals surface area contributed by atoms with Crippen LogP contribution in [0, 0.1) is 5.92 Å². The van der Waals surface area contributed by atoms with E-state index in [1.165, 1.54) is 11.4 Å². The van der Waals surface area contributed by atoms with Crippen molar-refractivity contribution in [2.75, 3.05) is 18.0 Å². The third-order valence-corrected chi connectivity index (χ3v) is 2.80. The van der Waals surface area contributed by atoms with Crippen LogP contribution in [0.2, 0.25) is 0 Å². The number of aromatic nitrogens is 1. The molecule has 0 spiro atoms. The van der Waals surface area contributed by atoms with Crippen LogP contribution in [0.1, 0.15) is 32.3 Å². The van der Waals surface area contributed by atoms with E-state index < -0.39 is 0 Å². The van der Waals surface area contributed by atoms with E-state index in [9.17, 15) is 0 Å². The van der Waals surface area contributed by atoms with E-state index in [2.05, 4.69) is 36.7 Å². The van der Waals surface area contributed by atoms with Crippen molar-refractivity contribution in [3.8, 4) is 0 Å². The molecule has 1 aromatic heterocycles. The van der Waals surface area contributed by atoms with Crippen LogP contribution >= 0.6 is 0 Å². The molecule has 0 N–H and O–H groups in total. The maximum Gasteiger partial charge on any atom is 0.131 e. The molecule has 0 amide bonds. The molecular formula is C12H18N2. The SMILES string of the molecule is CC1CN(c2ncccc2C(C)C)C1. The summed E-state index contributed by atoms with van der Waals surface area (Å²) in [4.78, 5) is 6.86. The van der Waals surface area contributed by atoms with Gasteiger partial charge < -0.3 is 4.90 Å². The summed E-state index contributed by atoms with van der Waals surface area (Å²) in [6.45, 7) is 9.06. The van der Waals surface area contributed by atoms with Crippen molar-refractivity contribution in [1.82, 2.24) is 4.98 Å². The standard InChI is InChI=1S/C12H18N2/c1-9(2)11-5-4-6-13-12(11)14-7-10(3)8-14/h4-6,9-10H,7-8H2,1-3H3. The number of nitrogens with zero attached hydrogens (tertiary/aromatic N) is 2. The molecule has 76 valence electrons. The average Bonchev–Trinajstić information content (AvgIpc) is 2.13. The third kappa shape index (κ3) is 1.61. The lowest BCUT2D eigenvalue weighted by Gasteiger charge is -2.39. The maximum absolute atomic E-state index is 4.48. The number of rotatable bonds is 2. The Morgan fingerprint density at radius 2 is 2.14 bits per heavy atom. The molecule has 1 fully saturated rings. The molecule has 2 rings (SSSR count). The third-order valence-electron chi connectivity index (χ3n) is 2.80. The molecule has 0 saturated carbocycles. The molecule has 0 radical (unpaired) electrons. The first kappa shape index (κ1) is 9.50. The molecule has 2 heterocycles. The molecule has 0 aromatic carbocycles. The van der Waals surface area contributed by atoms with Gasteiger partial charge >= 0.3 is 0 Å². The predicted octanol–water partition coefficient (Wildman–Crippen LogP) is 2.66. The molecule has 2 nitrogen and oxygen atoms in total. The Bertz CT molecular complexity index is 314. The van der Waals surface area contributed by atoms with Gasteiger partial charge in [-0.05, 0) is 23.5 Å². The molecule has 0 unspecified atom stereocenters. The fraction of sp³-hybridized carbons (Fsp3) is 0.583. The smallest absolute Gasteiger partial charge is 0.131 e. The summed E-state index contributed by atoms with van der Waals surface area (Å²) >= 11 is 0. The number of hydrogen-bond acceptors (Lipinski definition) is 2. The monoisotopic (exact) mass is 190 g/mol. The number of hydrogen-bond donors (Lipinski definition) is 0. The van der Waals surface area contributed by atoms with Gasteiger partial charge in [-0.1, -0.05) is 26.8 Å². The first-order valence-corrected chi connectivity index (χ1v) is 5.38. The normalized spacial score (nSPS) is 17.3. The van der Waals surface area contributed by atoms with Gasteiger partial charge in [-0.3, -0.25) is 0 Å². The summed E-state index contributed by atoms with van der Waals surface area (Å²) in [5, 5.41) is 0. The highest BCUT2D eigenvalue weighted by Gasteiger charge is 2.25. The largest absolute Gasteiger partial charge is 0.356 e. The molecule has 0 atom stereocenters. The molecule has 1 aliphatic heterocycles. The van der Waals surface area contributed by atoms with Crippen LogP contribution in [-0.4, -0.2) is 18.1 Å². The summed E-state index contributed by atoms with van der Waals surface area (Å²) < 4.78 is 0. The molecular weight excluding hydrogens is 172 g/mol. The van der Waals surface area contributed by atoms with Crippen LogP contribution in [0.3, 0.4) is 0 Å². The minimum Gasteiger partial charge on any atom is -0.356 e. The lowest BCUT2D eigenvalue weighted by atomic mass is 9.98. The highest BCUT2D eigenvalue weighted by atomic mass is 15.2. The molecule has 2 heteroatoms. The van der Waals surface area contributed by atoms with Gasteiger partial charge in [0.05, 0.1) is 0 Å². The second-order valence-electron chi connectivity index (χ2n) is 4.58. The van der Waals surface area contributed by atoms with E-state index >= 15 is 0 Å². The fourth-order valence-electron chi connectivity index (χ4n) is 2.00. The van der Waals surface area contributed by atoms with E-state index in [4.69, 9.17) is 0 Å². The predicted molar refractivity (Wildman–Crippen MR) is 59.7 cm³/mol. The van der Waals surface area contributed by atoms with Crippen LogP contribution in [0.4, 0.5) is 5.82 Å². The van der Waals surface area contributed by atoms with E-state index in [1.807, 2.05) is 12.3 Å². The molecule has 0 bridgehead atoms. The van der Waals surface area contributed by atoms with Gasteiger partial charge in [0.1, 0.15) is 5.82 Å². The van der Waals surface area contributed by atoms with Gasteiger partial charge in [0.2, 0.25) is 0 Å². The highest BCUT2D eigenvalue weighted by Crippen LogP contribution is 2.29. The summed E-state index contributed by atoms with van der Waals surface area (Å²) in [6.07, 6.45) is 1.89. The molecule has 1 aromatic rings. The van der Waals surface area contributed by atoms with Crippen molar-refractivity contribution < 1.29 is 0 Å². The van der Waals surface area contributed by atoms with E-state index in [0.29, 0.717) is 5.92 Å². The summed E-state index contributed by atoms with van der Waals surface area (Å²) in [6, 6.07) is 4.22. The van der Waals surface area contributed by atoms with Crippen molar-refractivity contribution in [3.05, 3.63) is 23.9 Å². The Kier molecular flexibility index (Phi) is 2.44. The molecule has 0 aliphatic carbocycles. The molecule has 1 saturated heterocycles. The molecule has 1 aliphatic rings. The van der Waals surface area contributed by atoms with Crippen molar-refractivity contribution in [2.45, 2.75) is 26.7 Å². The van der Waals surface area contributed by atoms with E-state index in [0.717, 1.165) is 19.0 Å². The van der Waals surface area contributed by atoms with Crippen LogP contribution < -0.4 is 4.90 Å². The van der Waals surface area contributed by atoms with Crippen molar-refractivity contribution >= 4 is 5.82 Å². The topological polar surface area (TPSA) is 16.1 Å². The highest BCUT2D eigenvalue weighted by molar-refractivity contribution is 5.50. The van der Waals surface area contributed by atoms with Crippen LogP contribution in [0.5, 0.6) is 0 Å². The van der Waals surface area contributed by atoms with E-state index in [1.54, 1.807) is 0 Å². The minimum absolute atomic E-state index is 0.564. The summed E-state index contributed by atoms with van der Waals surface area (Å²) in [5.41, 5.74) is 1.37. The Labute approximate surface area is 86.0 Å². The zero-order chi connectivity index (χ0) is 10.1. The van der Waals surface area contributed by atoms with Crippen LogP contribution in [-0.2, 0) is 0 Å². The molecule has 14 heavy (non-hydrogen) atoms. The van der Waals surface area contributed by atoms with Crippen molar-refractivity contribution in [3.63, 3.8) is 0 Å². The lowest BCUT2D eigenvalue weighted by Crippen LogP contribution is -2.46. The second kappa shape index (κ2) is 3.60. The van der Waals surface area contributed by atoms with Crippen molar-refractivity contribution in [1.29, 1.82) is 0 Å². The van der Waals surface area contributed by atoms with Gasteiger partial charge in [0.15, 0.2) is 0 Å². The van der Waals surface area contributed by atoms with Gasteiger partial charge in [-0.15, -0.1) is 0 Å². The van der Waals surface area contributed by atoms with Gasteiger partial charge in [-0.25, -0.2) is 4.98 Å². The van der Waals surface area contributed by atoms with Gasteiger partial charge in [0, 0.05) is 19.3 Å². The van der Waals surface area contributed by atoms with Gasteiger partial charge in [0.25, 0.3) is 0 Å². The number of pyridine rings is 1. The Morgan fingerprint density at radius 3 is 2.71 bits per heavy atom. The van der Waals surface area contributed by atoms with Crippen LogP contribution in [0.25, 0.3) is 0 Å².